The van der Waals surface area contributed by atoms with E-state index in [9.17, 15) is 5.11 Å². The molecule has 1 N–H and O–H groups in total. The highest BCUT2D eigenvalue weighted by Gasteiger charge is 2.20. The molecular weight excluding hydrogens is 256 g/mol. The number of aliphatic hydroxyl groups excluding tert-OH is 1. The first-order valence-corrected chi connectivity index (χ1v) is 8.44. The summed E-state index contributed by atoms with van der Waals surface area (Å²) < 4.78 is 5.73. The summed E-state index contributed by atoms with van der Waals surface area (Å²) >= 11 is 2.03. The van der Waals surface area contributed by atoms with Crippen LogP contribution in [-0.4, -0.2) is 23.2 Å². The molecular formula is C16H24O2S. The van der Waals surface area contributed by atoms with Crippen molar-refractivity contribution in [2.75, 3.05) is 18.1 Å². The molecule has 0 aromatic heterocycles. The highest BCUT2D eigenvalue weighted by atomic mass is 32.2. The van der Waals surface area contributed by atoms with E-state index in [0.717, 1.165) is 24.2 Å². The first-order valence-electron chi connectivity index (χ1n) is 7.28. The lowest BCUT2D eigenvalue weighted by Crippen LogP contribution is -2.14. The fourth-order valence-corrected chi connectivity index (χ4v) is 3.73. The van der Waals surface area contributed by atoms with Crippen molar-refractivity contribution in [3.63, 3.8) is 0 Å². The number of hydrogen-bond donors (Lipinski definition) is 1. The summed E-state index contributed by atoms with van der Waals surface area (Å²) in [6.07, 6.45) is 3.94. The van der Waals surface area contributed by atoms with Gasteiger partial charge in [-0.1, -0.05) is 25.1 Å². The monoisotopic (exact) mass is 280 g/mol. The van der Waals surface area contributed by atoms with Gasteiger partial charge in [0.15, 0.2) is 0 Å². The van der Waals surface area contributed by atoms with Crippen molar-refractivity contribution in [2.45, 2.75) is 38.7 Å². The van der Waals surface area contributed by atoms with E-state index in [1.165, 1.54) is 24.3 Å². The molecule has 1 aromatic carbocycles. The zero-order valence-corrected chi connectivity index (χ0v) is 12.5. The van der Waals surface area contributed by atoms with Gasteiger partial charge in [0, 0.05) is 5.56 Å². The Kier molecular flexibility index (Phi) is 6.05. The quantitative estimate of drug-likeness (QED) is 0.852. The van der Waals surface area contributed by atoms with Crippen LogP contribution in [0, 0.1) is 5.92 Å². The number of rotatable bonds is 6. The van der Waals surface area contributed by atoms with E-state index >= 15 is 0 Å². The van der Waals surface area contributed by atoms with Crippen molar-refractivity contribution in [2.24, 2.45) is 5.92 Å². The molecule has 1 saturated heterocycles. The number of thioether (sulfide) groups is 1. The lowest BCUT2D eigenvalue weighted by atomic mass is 9.92. The summed E-state index contributed by atoms with van der Waals surface area (Å²) in [6.45, 7) is 2.81. The molecule has 1 aliphatic rings. The number of ether oxygens (including phenoxy) is 1. The minimum Gasteiger partial charge on any atom is -0.493 e. The number of aliphatic hydroxyl groups is 1. The Labute approximate surface area is 120 Å². The van der Waals surface area contributed by atoms with Gasteiger partial charge in [-0.3, -0.25) is 0 Å². The van der Waals surface area contributed by atoms with Crippen molar-refractivity contribution < 1.29 is 9.84 Å². The Balaban J connectivity index is 1.98. The Morgan fingerprint density at radius 1 is 1.32 bits per heavy atom. The van der Waals surface area contributed by atoms with Crippen LogP contribution in [0.25, 0.3) is 0 Å². The normalized spacial score (nSPS) is 18.2. The second-order valence-electron chi connectivity index (χ2n) is 5.19. The van der Waals surface area contributed by atoms with Gasteiger partial charge in [-0.15, -0.1) is 0 Å². The molecule has 2 rings (SSSR count). The van der Waals surface area contributed by atoms with E-state index < -0.39 is 0 Å². The summed E-state index contributed by atoms with van der Waals surface area (Å²) in [6, 6.07) is 7.91. The first kappa shape index (κ1) is 14.7. The SMILES string of the molecule is CCCOc1ccccc1C(O)CC1CCSCC1. The van der Waals surface area contributed by atoms with Crippen LogP contribution in [0.5, 0.6) is 5.75 Å². The molecule has 1 unspecified atom stereocenters. The standard InChI is InChI=1S/C16H24O2S/c1-2-9-18-16-6-4-3-5-14(16)15(17)12-13-7-10-19-11-8-13/h3-6,13,15,17H,2,7-12H2,1H3. The zero-order chi connectivity index (χ0) is 13.5. The van der Waals surface area contributed by atoms with Crippen LogP contribution in [0.1, 0.15) is 44.3 Å². The Bertz CT molecular complexity index is 375. The topological polar surface area (TPSA) is 29.5 Å². The maximum atomic E-state index is 10.5. The molecule has 0 radical (unpaired) electrons. The molecule has 1 fully saturated rings. The molecule has 0 bridgehead atoms. The third-order valence-corrected chi connectivity index (χ3v) is 4.69. The minimum atomic E-state index is -0.388. The molecule has 1 atom stereocenters. The van der Waals surface area contributed by atoms with Crippen molar-refractivity contribution in [1.82, 2.24) is 0 Å². The first-order chi connectivity index (χ1) is 9.31. The lowest BCUT2D eigenvalue weighted by Gasteiger charge is -2.24. The van der Waals surface area contributed by atoms with Gasteiger partial charge in [-0.05, 0) is 49.2 Å². The molecule has 1 aromatic rings. The maximum absolute atomic E-state index is 10.5. The Hall–Kier alpha value is -0.670. The molecule has 2 nitrogen and oxygen atoms in total. The summed E-state index contributed by atoms with van der Waals surface area (Å²) in [4.78, 5) is 0. The van der Waals surface area contributed by atoms with E-state index in [0.29, 0.717) is 12.5 Å². The van der Waals surface area contributed by atoms with Crippen molar-refractivity contribution >= 4 is 11.8 Å². The average molecular weight is 280 g/mol. The molecule has 1 heterocycles. The smallest absolute Gasteiger partial charge is 0.125 e. The van der Waals surface area contributed by atoms with E-state index in [1.807, 2.05) is 36.0 Å². The highest BCUT2D eigenvalue weighted by molar-refractivity contribution is 7.99. The minimum absolute atomic E-state index is 0.388. The summed E-state index contributed by atoms with van der Waals surface area (Å²) in [5.41, 5.74) is 0.953. The van der Waals surface area contributed by atoms with E-state index in [4.69, 9.17) is 4.74 Å². The van der Waals surface area contributed by atoms with Crippen LogP contribution in [0.4, 0.5) is 0 Å². The third kappa shape index (κ3) is 4.43. The summed E-state index contributed by atoms with van der Waals surface area (Å²) in [7, 11) is 0. The Morgan fingerprint density at radius 3 is 2.79 bits per heavy atom. The predicted octanol–water partition coefficient (Wildman–Crippen LogP) is 4.04. The maximum Gasteiger partial charge on any atom is 0.125 e. The zero-order valence-electron chi connectivity index (χ0n) is 11.7. The number of hydrogen-bond acceptors (Lipinski definition) is 3. The van der Waals surface area contributed by atoms with Crippen LogP contribution in [0.3, 0.4) is 0 Å². The van der Waals surface area contributed by atoms with Gasteiger partial charge >= 0.3 is 0 Å². The van der Waals surface area contributed by atoms with Gasteiger partial charge in [-0.25, -0.2) is 0 Å². The van der Waals surface area contributed by atoms with Crippen LogP contribution in [-0.2, 0) is 0 Å². The molecule has 0 saturated carbocycles. The van der Waals surface area contributed by atoms with E-state index in [2.05, 4.69) is 6.92 Å². The van der Waals surface area contributed by atoms with Gasteiger partial charge in [0.05, 0.1) is 12.7 Å². The fraction of sp³-hybridized carbons (Fsp3) is 0.625. The molecule has 3 heteroatoms. The highest BCUT2D eigenvalue weighted by Crippen LogP contribution is 2.34. The van der Waals surface area contributed by atoms with Gasteiger partial charge in [0.1, 0.15) is 5.75 Å². The van der Waals surface area contributed by atoms with E-state index in [1.54, 1.807) is 0 Å². The second-order valence-corrected chi connectivity index (χ2v) is 6.42. The van der Waals surface area contributed by atoms with Gasteiger partial charge in [-0.2, -0.15) is 11.8 Å². The molecule has 1 aliphatic heterocycles. The van der Waals surface area contributed by atoms with Crippen molar-refractivity contribution in [1.29, 1.82) is 0 Å². The van der Waals surface area contributed by atoms with Crippen LogP contribution in [0.15, 0.2) is 24.3 Å². The molecule has 0 amide bonds. The predicted molar refractivity (Wildman–Crippen MR) is 81.9 cm³/mol. The Morgan fingerprint density at radius 2 is 2.05 bits per heavy atom. The van der Waals surface area contributed by atoms with E-state index in [-0.39, 0.29) is 6.10 Å². The fourth-order valence-electron chi connectivity index (χ4n) is 2.52. The molecule has 0 spiro atoms. The van der Waals surface area contributed by atoms with Crippen LogP contribution < -0.4 is 4.74 Å². The van der Waals surface area contributed by atoms with Gasteiger partial charge in [0.25, 0.3) is 0 Å². The lowest BCUT2D eigenvalue weighted by molar-refractivity contribution is 0.136. The van der Waals surface area contributed by atoms with Crippen molar-refractivity contribution in [3.8, 4) is 5.75 Å². The van der Waals surface area contributed by atoms with Crippen molar-refractivity contribution in [3.05, 3.63) is 29.8 Å². The number of para-hydroxylation sites is 1. The largest absolute Gasteiger partial charge is 0.493 e. The van der Waals surface area contributed by atoms with Crippen LogP contribution >= 0.6 is 11.8 Å². The molecule has 0 aliphatic carbocycles. The van der Waals surface area contributed by atoms with Gasteiger partial charge in [0.2, 0.25) is 0 Å². The van der Waals surface area contributed by atoms with Gasteiger partial charge < -0.3 is 9.84 Å². The average Bonchev–Trinajstić information content (AvgIpc) is 2.46. The molecule has 106 valence electrons. The number of benzene rings is 1. The van der Waals surface area contributed by atoms with Crippen LogP contribution in [0.2, 0.25) is 0 Å². The third-order valence-electron chi connectivity index (χ3n) is 3.64. The second kappa shape index (κ2) is 7.81. The summed E-state index contributed by atoms with van der Waals surface area (Å²) in [5.74, 6) is 3.99. The molecule has 19 heavy (non-hydrogen) atoms. The summed E-state index contributed by atoms with van der Waals surface area (Å²) in [5, 5.41) is 10.5.